The molecule has 0 aliphatic heterocycles. The molecule has 0 aromatic carbocycles. The maximum Gasteiger partial charge on any atom is 0.220 e. The van der Waals surface area contributed by atoms with Crippen LogP contribution in [0.5, 0.6) is 0 Å². The van der Waals surface area contributed by atoms with Crippen LogP contribution in [0.3, 0.4) is 0 Å². The molecule has 0 fully saturated rings. The van der Waals surface area contributed by atoms with Crippen LogP contribution in [-0.4, -0.2) is 24.8 Å². The number of nitrogens with one attached hydrogen (secondary N) is 1. The van der Waals surface area contributed by atoms with Gasteiger partial charge in [0.25, 0.3) is 0 Å². The average molecular weight is 214 g/mol. The summed E-state index contributed by atoms with van der Waals surface area (Å²) < 4.78 is 0. The summed E-state index contributed by atoms with van der Waals surface area (Å²) in [6.07, 6.45) is 4.94. The Bertz CT molecular complexity index is 193. The highest BCUT2D eigenvalue weighted by Crippen LogP contribution is 1.97. The van der Waals surface area contributed by atoms with Crippen LogP contribution in [0.1, 0.15) is 45.4 Å². The van der Waals surface area contributed by atoms with Gasteiger partial charge in [-0.25, -0.2) is 0 Å². The Morgan fingerprint density at radius 3 is 2.33 bits per heavy atom. The quantitative estimate of drug-likeness (QED) is 0.562. The summed E-state index contributed by atoms with van der Waals surface area (Å²) in [4.78, 5) is 21.8. The Kier molecular flexibility index (Phi) is 9.07. The fourth-order valence-corrected chi connectivity index (χ4v) is 1.23. The van der Waals surface area contributed by atoms with Crippen LogP contribution in [-0.2, 0) is 9.59 Å². The molecular formula is C11H22N2O2. The monoisotopic (exact) mass is 214 g/mol. The molecule has 15 heavy (non-hydrogen) atoms. The lowest BCUT2D eigenvalue weighted by atomic mass is 10.2. The smallest absolute Gasteiger partial charge is 0.220 e. The van der Waals surface area contributed by atoms with E-state index in [0.29, 0.717) is 19.4 Å². The minimum absolute atomic E-state index is 0.0241. The number of rotatable bonds is 9. The van der Waals surface area contributed by atoms with Crippen LogP contribution in [0.25, 0.3) is 0 Å². The van der Waals surface area contributed by atoms with Gasteiger partial charge in [0.05, 0.1) is 0 Å². The molecule has 3 N–H and O–H groups in total. The summed E-state index contributed by atoms with van der Waals surface area (Å²) in [5.41, 5.74) is 5.36. The van der Waals surface area contributed by atoms with Crippen molar-refractivity contribution in [3.8, 4) is 0 Å². The van der Waals surface area contributed by atoms with Crippen LogP contribution in [0.2, 0.25) is 0 Å². The maximum absolute atomic E-state index is 11.2. The zero-order valence-corrected chi connectivity index (χ0v) is 9.55. The number of carbonyl (C=O) groups is 2. The third kappa shape index (κ3) is 11.0. The van der Waals surface area contributed by atoms with Gasteiger partial charge in [0.15, 0.2) is 0 Å². The first-order valence-electron chi connectivity index (χ1n) is 5.63. The van der Waals surface area contributed by atoms with E-state index in [9.17, 15) is 9.59 Å². The van der Waals surface area contributed by atoms with Gasteiger partial charge in [-0.1, -0.05) is 12.8 Å². The SMILES string of the molecule is CC(=O)CCC(=O)NCCCCCCN. The summed E-state index contributed by atoms with van der Waals surface area (Å²) in [5, 5.41) is 2.79. The first kappa shape index (κ1) is 14.1. The van der Waals surface area contributed by atoms with E-state index in [1.807, 2.05) is 0 Å². The lowest BCUT2D eigenvalue weighted by molar-refractivity contribution is -0.124. The Hall–Kier alpha value is -0.900. The highest BCUT2D eigenvalue weighted by Gasteiger charge is 2.01. The van der Waals surface area contributed by atoms with Crippen LogP contribution in [0.4, 0.5) is 0 Å². The number of Topliss-reactive ketones (excluding diaryl/α,β-unsaturated/α-hetero) is 1. The lowest BCUT2D eigenvalue weighted by Gasteiger charge is -2.03. The zero-order valence-electron chi connectivity index (χ0n) is 9.55. The van der Waals surface area contributed by atoms with Gasteiger partial charge >= 0.3 is 0 Å². The fraction of sp³-hybridized carbons (Fsp3) is 0.818. The van der Waals surface area contributed by atoms with Crippen molar-refractivity contribution in [3.05, 3.63) is 0 Å². The van der Waals surface area contributed by atoms with Crippen molar-refractivity contribution < 1.29 is 9.59 Å². The van der Waals surface area contributed by atoms with E-state index in [2.05, 4.69) is 5.32 Å². The number of hydrogen-bond acceptors (Lipinski definition) is 3. The first-order chi connectivity index (χ1) is 7.16. The molecule has 0 radical (unpaired) electrons. The fourth-order valence-electron chi connectivity index (χ4n) is 1.23. The summed E-state index contributed by atoms with van der Waals surface area (Å²) in [6.45, 7) is 2.95. The van der Waals surface area contributed by atoms with Gasteiger partial charge < -0.3 is 15.8 Å². The normalized spacial score (nSPS) is 10.0. The molecule has 0 saturated heterocycles. The van der Waals surface area contributed by atoms with Gasteiger partial charge in [0, 0.05) is 19.4 Å². The molecule has 0 rings (SSSR count). The maximum atomic E-state index is 11.2. The van der Waals surface area contributed by atoms with Crippen LogP contribution < -0.4 is 11.1 Å². The molecule has 0 atom stereocenters. The number of nitrogens with two attached hydrogens (primary N) is 1. The van der Waals surface area contributed by atoms with E-state index >= 15 is 0 Å². The molecule has 0 aromatic rings. The Labute approximate surface area is 91.6 Å². The molecule has 4 nitrogen and oxygen atoms in total. The molecule has 0 saturated carbocycles. The number of amides is 1. The molecule has 0 spiro atoms. The van der Waals surface area contributed by atoms with Gasteiger partial charge in [-0.05, 0) is 26.3 Å². The second-order valence-electron chi connectivity index (χ2n) is 3.75. The van der Waals surface area contributed by atoms with Crippen molar-refractivity contribution in [2.45, 2.75) is 45.4 Å². The lowest BCUT2D eigenvalue weighted by Crippen LogP contribution is -2.24. The molecule has 0 bridgehead atoms. The van der Waals surface area contributed by atoms with Gasteiger partial charge in [0.1, 0.15) is 5.78 Å². The number of unbranched alkanes of at least 4 members (excludes halogenated alkanes) is 3. The van der Waals surface area contributed by atoms with Crippen molar-refractivity contribution in [1.29, 1.82) is 0 Å². The molecule has 4 heteroatoms. The minimum Gasteiger partial charge on any atom is -0.356 e. The Morgan fingerprint density at radius 1 is 1.07 bits per heavy atom. The predicted octanol–water partition coefficient (Wildman–Crippen LogP) is 0.991. The first-order valence-corrected chi connectivity index (χ1v) is 5.63. The zero-order chi connectivity index (χ0) is 11.5. The van der Waals surface area contributed by atoms with Crippen LogP contribution in [0.15, 0.2) is 0 Å². The number of hydrogen-bond donors (Lipinski definition) is 2. The minimum atomic E-state index is -0.0241. The van der Waals surface area contributed by atoms with E-state index < -0.39 is 0 Å². The highest BCUT2D eigenvalue weighted by molar-refractivity contribution is 5.83. The van der Waals surface area contributed by atoms with Gasteiger partial charge in [-0.2, -0.15) is 0 Å². The summed E-state index contributed by atoms with van der Waals surface area (Å²) in [7, 11) is 0. The van der Waals surface area contributed by atoms with Gasteiger partial charge in [0.2, 0.25) is 5.91 Å². The molecule has 0 aliphatic carbocycles. The van der Waals surface area contributed by atoms with Crippen molar-refractivity contribution in [2.75, 3.05) is 13.1 Å². The molecule has 0 aliphatic rings. The van der Waals surface area contributed by atoms with Gasteiger partial charge in [-0.3, -0.25) is 4.79 Å². The summed E-state index contributed by atoms with van der Waals surface area (Å²) >= 11 is 0. The van der Waals surface area contributed by atoms with Crippen LogP contribution in [0, 0.1) is 0 Å². The molecule has 1 amide bonds. The Balaban J connectivity index is 3.20. The van der Waals surface area contributed by atoms with E-state index in [-0.39, 0.29) is 11.7 Å². The van der Waals surface area contributed by atoms with E-state index in [0.717, 1.165) is 32.2 Å². The molecule has 0 aromatic heterocycles. The van der Waals surface area contributed by atoms with Crippen molar-refractivity contribution in [2.24, 2.45) is 5.73 Å². The molecule has 88 valence electrons. The van der Waals surface area contributed by atoms with Crippen LogP contribution >= 0.6 is 0 Å². The number of carbonyl (C=O) groups excluding carboxylic acids is 2. The average Bonchev–Trinajstić information content (AvgIpc) is 2.20. The highest BCUT2D eigenvalue weighted by atomic mass is 16.2. The molecular weight excluding hydrogens is 192 g/mol. The third-order valence-corrected chi connectivity index (χ3v) is 2.16. The third-order valence-electron chi connectivity index (χ3n) is 2.16. The summed E-state index contributed by atoms with van der Waals surface area (Å²) in [5.74, 6) is 0.0390. The predicted molar refractivity (Wildman–Crippen MR) is 60.4 cm³/mol. The molecule has 0 heterocycles. The standard InChI is InChI=1S/C11H22N2O2/c1-10(14)6-7-11(15)13-9-5-3-2-4-8-12/h2-9,12H2,1H3,(H,13,15). The Morgan fingerprint density at radius 2 is 1.73 bits per heavy atom. The second-order valence-corrected chi connectivity index (χ2v) is 3.75. The topological polar surface area (TPSA) is 72.2 Å². The number of ketones is 1. The second kappa shape index (κ2) is 9.65. The summed E-state index contributed by atoms with van der Waals surface area (Å²) in [6, 6.07) is 0. The largest absolute Gasteiger partial charge is 0.356 e. The van der Waals surface area contributed by atoms with Crippen molar-refractivity contribution in [3.63, 3.8) is 0 Å². The van der Waals surface area contributed by atoms with Crippen molar-refractivity contribution >= 4 is 11.7 Å². The van der Waals surface area contributed by atoms with E-state index in [1.54, 1.807) is 0 Å². The van der Waals surface area contributed by atoms with Crippen molar-refractivity contribution in [1.82, 2.24) is 5.32 Å². The van der Waals surface area contributed by atoms with E-state index in [4.69, 9.17) is 5.73 Å². The molecule has 0 unspecified atom stereocenters. The van der Waals surface area contributed by atoms with E-state index in [1.165, 1.54) is 6.92 Å². The van der Waals surface area contributed by atoms with Gasteiger partial charge in [-0.15, -0.1) is 0 Å².